The zero-order chi connectivity index (χ0) is 16.2. The van der Waals surface area contributed by atoms with E-state index in [0.717, 1.165) is 56.8 Å². The van der Waals surface area contributed by atoms with E-state index in [1.54, 1.807) is 7.05 Å². The maximum atomic E-state index is 5.84. The van der Waals surface area contributed by atoms with Gasteiger partial charge in [0.25, 0.3) is 0 Å². The highest BCUT2D eigenvalue weighted by Gasteiger charge is 2.20. The lowest BCUT2D eigenvalue weighted by molar-refractivity contribution is -0.0284. The van der Waals surface area contributed by atoms with Crippen molar-refractivity contribution in [2.75, 3.05) is 57.9 Å². The molecule has 1 atom stereocenters. The van der Waals surface area contributed by atoms with E-state index in [2.05, 4.69) is 41.0 Å². The Kier molecular flexibility index (Phi) is 10.4. The van der Waals surface area contributed by atoms with Crippen LogP contribution in [0, 0.1) is 5.92 Å². The Bertz CT molecular complexity index is 336. The van der Waals surface area contributed by atoms with Gasteiger partial charge in [0.05, 0.1) is 12.7 Å². The summed E-state index contributed by atoms with van der Waals surface area (Å²) in [5, 5.41) is 6.69. The van der Waals surface area contributed by atoms with E-state index in [0.29, 0.717) is 5.92 Å². The molecule has 0 amide bonds. The molecular formula is C16H32N4OS. The molecule has 128 valence electrons. The molecule has 0 spiro atoms. The van der Waals surface area contributed by atoms with Gasteiger partial charge in [-0.05, 0) is 5.92 Å². The topological polar surface area (TPSA) is 48.9 Å². The van der Waals surface area contributed by atoms with Gasteiger partial charge in [-0.2, -0.15) is 11.8 Å². The average molecular weight is 329 g/mol. The van der Waals surface area contributed by atoms with Crippen molar-refractivity contribution in [3.63, 3.8) is 0 Å². The Morgan fingerprint density at radius 2 is 2.32 bits per heavy atom. The summed E-state index contributed by atoms with van der Waals surface area (Å²) in [6.45, 7) is 14.0. The van der Waals surface area contributed by atoms with Crippen LogP contribution in [0.2, 0.25) is 0 Å². The molecule has 0 radical (unpaired) electrons. The molecule has 0 aliphatic carbocycles. The van der Waals surface area contributed by atoms with Gasteiger partial charge < -0.3 is 15.4 Å². The van der Waals surface area contributed by atoms with Gasteiger partial charge in [0.2, 0.25) is 0 Å². The Labute approximate surface area is 140 Å². The first-order chi connectivity index (χ1) is 10.7. The van der Waals surface area contributed by atoms with E-state index < -0.39 is 0 Å². The Hall–Kier alpha value is -0.720. The number of aliphatic imine (C=N–C) groups is 1. The molecule has 1 heterocycles. The second kappa shape index (κ2) is 11.8. The monoisotopic (exact) mass is 328 g/mol. The fraction of sp³-hybridized carbons (Fsp3) is 0.812. The number of hydrogen-bond acceptors (Lipinski definition) is 4. The van der Waals surface area contributed by atoms with Crippen molar-refractivity contribution in [3.05, 3.63) is 12.7 Å². The summed E-state index contributed by atoms with van der Waals surface area (Å²) in [4.78, 5) is 6.74. The Balaban J connectivity index is 2.20. The first kappa shape index (κ1) is 19.3. The largest absolute Gasteiger partial charge is 0.374 e. The molecule has 1 saturated heterocycles. The first-order valence-corrected chi connectivity index (χ1v) is 9.28. The molecular weight excluding hydrogens is 296 g/mol. The molecule has 2 N–H and O–H groups in total. The summed E-state index contributed by atoms with van der Waals surface area (Å²) < 4.78 is 5.84. The number of thioether (sulfide) groups is 1. The third kappa shape index (κ3) is 8.66. The molecule has 0 aromatic rings. The highest BCUT2D eigenvalue weighted by atomic mass is 32.2. The lowest BCUT2D eigenvalue weighted by atomic mass is 10.2. The van der Waals surface area contributed by atoms with Gasteiger partial charge in [-0.1, -0.05) is 19.9 Å². The number of hydrogen-bond donors (Lipinski definition) is 2. The molecule has 0 aromatic carbocycles. The van der Waals surface area contributed by atoms with Crippen molar-refractivity contribution in [1.82, 2.24) is 15.5 Å². The molecule has 22 heavy (non-hydrogen) atoms. The summed E-state index contributed by atoms with van der Waals surface area (Å²) in [5.41, 5.74) is 0. The maximum Gasteiger partial charge on any atom is 0.191 e. The number of nitrogens with zero attached hydrogens (tertiary/aromatic N) is 2. The van der Waals surface area contributed by atoms with Gasteiger partial charge in [0.15, 0.2) is 5.96 Å². The van der Waals surface area contributed by atoms with Crippen molar-refractivity contribution in [1.29, 1.82) is 0 Å². The van der Waals surface area contributed by atoms with Crippen molar-refractivity contribution in [2.24, 2.45) is 10.9 Å². The molecule has 1 unspecified atom stereocenters. The number of ether oxygens (including phenoxy) is 1. The van der Waals surface area contributed by atoms with Gasteiger partial charge in [-0.25, -0.2) is 0 Å². The smallest absolute Gasteiger partial charge is 0.191 e. The van der Waals surface area contributed by atoms with Crippen LogP contribution in [0.15, 0.2) is 17.6 Å². The minimum atomic E-state index is 0.237. The molecule has 1 fully saturated rings. The predicted octanol–water partition coefficient (Wildman–Crippen LogP) is 1.43. The van der Waals surface area contributed by atoms with Crippen LogP contribution in [0.4, 0.5) is 0 Å². The Morgan fingerprint density at radius 3 is 3.00 bits per heavy atom. The van der Waals surface area contributed by atoms with Gasteiger partial charge in [0.1, 0.15) is 0 Å². The van der Waals surface area contributed by atoms with Crippen LogP contribution in [0.1, 0.15) is 13.8 Å². The minimum Gasteiger partial charge on any atom is -0.374 e. The lowest BCUT2D eigenvalue weighted by Gasteiger charge is -2.34. The van der Waals surface area contributed by atoms with Gasteiger partial charge in [0, 0.05) is 51.3 Å². The zero-order valence-corrected chi connectivity index (χ0v) is 15.1. The fourth-order valence-electron chi connectivity index (χ4n) is 2.43. The summed E-state index contributed by atoms with van der Waals surface area (Å²) in [6.07, 6.45) is 2.17. The molecule has 1 aliphatic rings. The predicted molar refractivity (Wildman–Crippen MR) is 97.9 cm³/mol. The van der Waals surface area contributed by atoms with Gasteiger partial charge in [-0.15, -0.1) is 6.58 Å². The van der Waals surface area contributed by atoms with E-state index >= 15 is 0 Å². The van der Waals surface area contributed by atoms with E-state index in [-0.39, 0.29) is 6.10 Å². The van der Waals surface area contributed by atoms with E-state index in [1.807, 2.05) is 17.8 Å². The van der Waals surface area contributed by atoms with Gasteiger partial charge in [-0.3, -0.25) is 9.89 Å². The molecule has 1 aliphatic heterocycles. The van der Waals surface area contributed by atoms with Crippen molar-refractivity contribution < 1.29 is 4.74 Å². The lowest BCUT2D eigenvalue weighted by Crippen LogP contribution is -2.50. The van der Waals surface area contributed by atoms with Crippen LogP contribution in [-0.4, -0.2) is 74.8 Å². The van der Waals surface area contributed by atoms with E-state index in [4.69, 9.17) is 4.74 Å². The molecule has 0 bridgehead atoms. The van der Waals surface area contributed by atoms with Crippen molar-refractivity contribution in [3.8, 4) is 0 Å². The summed E-state index contributed by atoms with van der Waals surface area (Å²) >= 11 is 1.86. The average Bonchev–Trinajstić information content (AvgIpc) is 2.50. The summed E-state index contributed by atoms with van der Waals surface area (Å²) in [6, 6.07) is 0. The number of guanidine groups is 1. The van der Waals surface area contributed by atoms with Crippen LogP contribution in [0.3, 0.4) is 0 Å². The quantitative estimate of drug-likeness (QED) is 0.290. The molecule has 0 aromatic heterocycles. The fourth-order valence-corrected chi connectivity index (χ4v) is 3.01. The second-order valence-electron chi connectivity index (χ2n) is 5.89. The van der Waals surface area contributed by atoms with Crippen LogP contribution in [0.25, 0.3) is 0 Å². The molecule has 1 rings (SSSR count). The first-order valence-electron chi connectivity index (χ1n) is 8.12. The van der Waals surface area contributed by atoms with Crippen LogP contribution in [-0.2, 0) is 4.74 Å². The van der Waals surface area contributed by atoms with Crippen LogP contribution < -0.4 is 10.6 Å². The zero-order valence-electron chi connectivity index (χ0n) is 14.3. The highest BCUT2D eigenvalue weighted by molar-refractivity contribution is 7.99. The summed E-state index contributed by atoms with van der Waals surface area (Å²) in [5.74, 6) is 3.60. The van der Waals surface area contributed by atoms with E-state index in [9.17, 15) is 0 Å². The number of morpholine rings is 1. The van der Waals surface area contributed by atoms with Crippen molar-refractivity contribution >= 4 is 17.7 Å². The van der Waals surface area contributed by atoms with Gasteiger partial charge >= 0.3 is 0 Å². The Morgan fingerprint density at radius 1 is 1.50 bits per heavy atom. The number of rotatable bonds is 9. The SMILES string of the molecule is C=CCSCCNC(=NC)NCC1CN(CC(C)C)CCO1. The van der Waals surface area contributed by atoms with Crippen LogP contribution >= 0.6 is 11.8 Å². The third-order valence-corrected chi connectivity index (χ3v) is 4.31. The standard InChI is InChI=1S/C16H32N4OS/c1-5-9-22-10-6-18-16(17-4)19-11-15-13-20(7-8-21-15)12-14(2)3/h5,14-15H,1,6-13H2,2-4H3,(H2,17,18,19). The van der Waals surface area contributed by atoms with E-state index in [1.165, 1.54) is 0 Å². The minimum absolute atomic E-state index is 0.237. The molecule has 0 saturated carbocycles. The molecule has 6 heteroatoms. The molecule has 5 nitrogen and oxygen atoms in total. The highest BCUT2D eigenvalue weighted by Crippen LogP contribution is 2.07. The summed E-state index contributed by atoms with van der Waals surface area (Å²) in [7, 11) is 1.80. The third-order valence-electron chi connectivity index (χ3n) is 3.34. The number of nitrogens with one attached hydrogen (secondary N) is 2. The van der Waals surface area contributed by atoms with Crippen LogP contribution in [0.5, 0.6) is 0 Å². The normalized spacial score (nSPS) is 20.2. The second-order valence-corrected chi connectivity index (χ2v) is 7.04. The maximum absolute atomic E-state index is 5.84. The van der Waals surface area contributed by atoms with Crippen molar-refractivity contribution in [2.45, 2.75) is 20.0 Å².